The molecule has 1 rings (SSSR count). The molecule has 0 bridgehead atoms. The Bertz CT molecular complexity index is 337. The van der Waals surface area contributed by atoms with Crippen molar-refractivity contribution in [1.82, 2.24) is 10.2 Å². The minimum Gasteiger partial charge on any atom is -0.396 e. The summed E-state index contributed by atoms with van der Waals surface area (Å²) >= 11 is 0. The molecule has 3 N–H and O–H groups in total. The van der Waals surface area contributed by atoms with E-state index in [4.69, 9.17) is 5.11 Å². The van der Waals surface area contributed by atoms with Gasteiger partial charge in [0.2, 0.25) is 0 Å². The summed E-state index contributed by atoms with van der Waals surface area (Å²) in [5.41, 5.74) is 0.505. The van der Waals surface area contributed by atoms with Crippen molar-refractivity contribution in [2.45, 2.75) is 19.8 Å². The quantitative estimate of drug-likeness (QED) is 0.643. The summed E-state index contributed by atoms with van der Waals surface area (Å²) in [6.45, 7) is 3.04. The Morgan fingerprint density at radius 1 is 1.67 bits per heavy atom. The fourth-order valence-electron chi connectivity index (χ4n) is 1.37. The highest BCUT2D eigenvalue weighted by Crippen LogP contribution is 2.09. The van der Waals surface area contributed by atoms with Crippen molar-refractivity contribution in [3.05, 3.63) is 22.6 Å². The highest BCUT2D eigenvalue weighted by Gasteiger charge is 2.05. The summed E-state index contributed by atoms with van der Waals surface area (Å²) in [5, 5.41) is 17.9. The van der Waals surface area contributed by atoms with Crippen LogP contribution in [0.2, 0.25) is 0 Å². The summed E-state index contributed by atoms with van der Waals surface area (Å²) in [6.07, 6.45) is 3.36. The van der Waals surface area contributed by atoms with Crippen LogP contribution in [0.15, 0.2) is 17.1 Å². The molecule has 0 saturated heterocycles. The second-order valence-electron chi connectivity index (χ2n) is 3.50. The average molecular weight is 211 g/mol. The van der Waals surface area contributed by atoms with Crippen molar-refractivity contribution in [1.29, 1.82) is 0 Å². The van der Waals surface area contributed by atoms with Crippen LogP contribution >= 0.6 is 0 Å². The largest absolute Gasteiger partial charge is 0.396 e. The van der Waals surface area contributed by atoms with Crippen LogP contribution in [0, 0.1) is 5.92 Å². The SMILES string of the molecule is CCC(CCO)CNc1cn[nH]c(=O)c1. The monoisotopic (exact) mass is 211 g/mol. The average Bonchev–Trinajstić information content (AvgIpc) is 2.24. The fourth-order valence-corrected chi connectivity index (χ4v) is 1.37. The zero-order valence-electron chi connectivity index (χ0n) is 8.86. The van der Waals surface area contributed by atoms with E-state index in [-0.39, 0.29) is 12.2 Å². The minimum absolute atomic E-state index is 0.202. The van der Waals surface area contributed by atoms with Gasteiger partial charge in [-0.2, -0.15) is 5.10 Å². The molecule has 0 aromatic carbocycles. The lowest BCUT2D eigenvalue weighted by Gasteiger charge is -2.14. The maximum Gasteiger partial charge on any atom is 0.266 e. The number of nitrogens with zero attached hydrogens (tertiary/aromatic N) is 1. The van der Waals surface area contributed by atoms with E-state index >= 15 is 0 Å². The minimum atomic E-state index is -0.213. The van der Waals surface area contributed by atoms with Crippen molar-refractivity contribution in [2.24, 2.45) is 5.92 Å². The van der Waals surface area contributed by atoms with Gasteiger partial charge in [0.1, 0.15) is 0 Å². The van der Waals surface area contributed by atoms with Crippen molar-refractivity contribution in [3.8, 4) is 0 Å². The Labute approximate surface area is 88.5 Å². The van der Waals surface area contributed by atoms with E-state index in [0.29, 0.717) is 5.92 Å². The second kappa shape index (κ2) is 6.19. The van der Waals surface area contributed by atoms with Crippen molar-refractivity contribution in [2.75, 3.05) is 18.5 Å². The van der Waals surface area contributed by atoms with E-state index in [0.717, 1.165) is 25.1 Å². The third kappa shape index (κ3) is 4.12. The second-order valence-corrected chi connectivity index (χ2v) is 3.50. The molecule has 0 saturated carbocycles. The van der Waals surface area contributed by atoms with E-state index in [1.807, 2.05) is 0 Å². The van der Waals surface area contributed by atoms with Crippen LogP contribution in [0.4, 0.5) is 5.69 Å². The van der Waals surface area contributed by atoms with Crippen LogP contribution in [-0.2, 0) is 0 Å². The molecule has 1 aromatic heterocycles. The van der Waals surface area contributed by atoms with Crippen LogP contribution < -0.4 is 10.9 Å². The van der Waals surface area contributed by atoms with Crippen LogP contribution in [0.25, 0.3) is 0 Å². The van der Waals surface area contributed by atoms with Gasteiger partial charge >= 0.3 is 0 Å². The predicted molar refractivity (Wildman–Crippen MR) is 58.8 cm³/mol. The van der Waals surface area contributed by atoms with Gasteiger partial charge in [0.25, 0.3) is 5.56 Å². The van der Waals surface area contributed by atoms with Gasteiger partial charge in [0.05, 0.1) is 11.9 Å². The number of rotatable bonds is 6. The standard InChI is InChI=1S/C10H17N3O2/c1-2-8(3-4-14)6-11-9-5-10(15)13-12-7-9/h5,7-8,14H,2-4,6H2,1H3,(H2,11,13,15). The summed E-state index contributed by atoms with van der Waals surface area (Å²) in [4.78, 5) is 10.9. The molecule has 1 atom stereocenters. The smallest absolute Gasteiger partial charge is 0.266 e. The number of H-pyrrole nitrogens is 1. The normalized spacial score (nSPS) is 12.4. The molecule has 5 nitrogen and oxygen atoms in total. The number of aliphatic hydroxyl groups is 1. The third-order valence-corrected chi connectivity index (χ3v) is 2.37. The van der Waals surface area contributed by atoms with Gasteiger partial charge in [-0.1, -0.05) is 13.3 Å². The van der Waals surface area contributed by atoms with Crippen molar-refractivity contribution < 1.29 is 5.11 Å². The molecular formula is C10H17N3O2. The van der Waals surface area contributed by atoms with Crippen molar-refractivity contribution in [3.63, 3.8) is 0 Å². The van der Waals surface area contributed by atoms with Crippen LogP contribution in [0.1, 0.15) is 19.8 Å². The number of aromatic amines is 1. The molecule has 0 amide bonds. The molecule has 0 spiro atoms. The summed E-state index contributed by atoms with van der Waals surface area (Å²) in [7, 11) is 0. The van der Waals surface area contributed by atoms with Gasteiger partial charge in [0.15, 0.2) is 0 Å². The van der Waals surface area contributed by atoms with Gasteiger partial charge in [-0.05, 0) is 12.3 Å². The predicted octanol–water partition coefficient (Wildman–Crippen LogP) is 0.590. The first-order chi connectivity index (χ1) is 7.26. The first kappa shape index (κ1) is 11.7. The van der Waals surface area contributed by atoms with Crippen LogP contribution in [0.5, 0.6) is 0 Å². The van der Waals surface area contributed by atoms with E-state index in [1.54, 1.807) is 6.20 Å². The molecule has 1 aromatic rings. The number of aliphatic hydroxyl groups excluding tert-OH is 1. The molecule has 0 aliphatic heterocycles. The molecule has 0 radical (unpaired) electrons. The molecule has 1 heterocycles. The first-order valence-electron chi connectivity index (χ1n) is 5.15. The van der Waals surface area contributed by atoms with E-state index in [9.17, 15) is 4.79 Å². The number of anilines is 1. The number of aromatic nitrogens is 2. The zero-order valence-corrected chi connectivity index (χ0v) is 8.86. The highest BCUT2D eigenvalue weighted by atomic mass is 16.3. The molecule has 5 heteroatoms. The maximum absolute atomic E-state index is 10.9. The van der Waals surface area contributed by atoms with E-state index in [2.05, 4.69) is 22.4 Å². The van der Waals surface area contributed by atoms with Gasteiger partial charge in [-0.3, -0.25) is 4.79 Å². The Hall–Kier alpha value is -1.36. The van der Waals surface area contributed by atoms with Crippen molar-refractivity contribution >= 4 is 5.69 Å². The Morgan fingerprint density at radius 2 is 2.47 bits per heavy atom. The van der Waals surface area contributed by atoms with Gasteiger partial charge in [-0.25, -0.2) is 5.10 Å². The number of hydrogen-bond donors (Lipinski definition) is 3. The highest BCUT2D eigenvalue weighted by molar-refractivity contribution is 5.38. The Balaban J connectivity index is 2.45. The third-order valence-electron chi connectivity index (χ3n) is 2.37. The lowest BCUT2D eigenvalue weighted by atomic mass is 10.0. The van der Waals surface area contributed by atoms with Crippen LogP contribution in [0.3, 0.4) is 0 Å². The zero-order chi connectivity index (χ0) is 11.1. The first-order valence-corrected chi connectivity index (χ1v) is 5.15. The Kier molecular flexibility index (Phi) is 4.83. The lowest BCUT2D eigenvalue weighted by Crippen LogP contribution is -2.16. The molecule has 0 aliphatic rings. The fraction of sp³-hybridized carbons (Fsp3) is 0.600. The maximum atomic E-state index is 10.9. The van der Waals surface area contributed by atoms with Crippen LogP contribution in [-0.4, -0.2) is 28.5 Å². The van der Waals surface area contributed by atoms with E-state index in [1.165, 1.54) is 6.07 Å². The topological polar surface area (TPSA) is 78.0 Å². The Morgan fingerprint density at radius 3 is 3.07 bits per heavy atom. The summed E-state index contributed by atoms with van der Waals surface area (Å²) in [6, 6.07) is 1.47. The molecule has 0 aliphatic carbocycles. The summed E-state index contributed by atoms with van der Waals surface area (Å²) < 4.78 is 0. The van der Waals surface area contributed by atoms with Gasteiger partial charge < -0.3 is 10.4 Å². The number of hydrogen-bond acceptors (Lipinski definition) is 4. The molecule has 0 fully saturated rings. The summed E-state index contributed by atoms with van der Waals surface area (Å²) in [5.74, 6) is 0.425. The molecule has 84 valence electrons. The van der Waals surface area contributed by atoms with Gasteiger partial charge in [0, 0.05) is 19.2 Å². The lowest BCUT2D eigenvalue weighted by molar-refractivity contribution is 0.258. The molecule has 15 heavy (non-hydrogen) atoms. The molecular weight excluding hydrogens is 194 g/mol. The van der Waals surface area contributed by atoms with E-state index < -0.39 is 0 Å². The number of nitrogens with one attached hydrogen (secondary N) is 2. The molecule has 1 unspecified atom stereocenters. The van der Waals surface area contributed by atoms with Gasteiger partial charge in [-0.15, -0.1) is 0 Å².